The van der Waals surface area contributed by atoms with Gasteiger partial charge in [-0.1, -0.05) is 15.9 Å². The molecule has 0 aromatic rings. The number of nitrogens with zero attached hydrogens (tertiary/aromatic N) is 1. The molecule has 4 bridgehead atoms. The van der Waals surface area contributed by atoms with Crippen LogP contribution in [0, 0.1) is 23.2 Å². The van der Waals surface area contributed by atoms with Crippen LogP contribution in [0.25, 0.3) is 0 Å². The molecule has 2 unspecified atom stereocenters. The molecule has 0 spiro atoms. The number of ether oxygens (including phenoxy) is 1. The first-order chi connectivity index (χ1) is 13.1. The Morgan fingerprint density at radius 1 is 1.11 bits per heavy atom. The minimum Gasteiger partial charge on any atom is -0.444 e. The van der Waals surface area contributed by atoms with Crippen molar-refractivity contribution >= 4 is 27.9 Å². The zero-order chi connectivity index (χ0) is 20.2. The molecule has 0 aromatic carbocycles. The third-order valence-corrected chi connectivity index (χ3v) is 8.21. The van der Waals surface area contributed by atoms with E-state index in [1.54, 1.807) is 0 Å². The summed E-state index contributed by atoms with van der Waals surface area (Å²) in [6, 6.07) is 0. The van der Waals surface area contributed by atoms with Crippen LogP contribution in [0.15, 0.2) is 0 Å². The van der Waals surface area contributed by atoms with Gasteiger partial charge in [-0.25, -0.2) is 4.79 Å². The number of hydrogen-bond acceptors (Lipinski definition) is 3. The molecule has 0 aromatic heterocycles. The third-order valence-electron chi connectivity index (χ3n) is 7.28. The van der Waals surface area contributed by atoms with E-state index in [1.165, 1.54) is 19.3 Å². The highest BCUT2D eigenvalue weighted by Crippen LogP contribution is 2.64. The Bertz CT molecular complexity index is 622. The van der Waals surface area contributed by atoms with Gasteiger partial charge >= 0.3 is 6.09 Å². The summed E-state index contributed by atoms with van der Waals surface area (Å²) in [4.78, 5) is 27.5. The molecule has 6 heteroatoms. The number of amides is 2. The van der Waals surface area contributed by atoms with Crippen molar-refractivity contribution in [3.63, 3.8) is 0 Å². The van der Waals surface area contributed by atoms with Crippen molar-refractivity contribution in [1.82, 2.24) is 10.2 Å². The van der Waals surface area contributed by atoms with E-state index in [2.05, 4.69) is 26.1 Å². The average Bonchev–Trinajstić information content (AvgIpc) is 2.56. The molecular weight excluding hydrogens is 420 g/mol. The van der Waals surface area contributed by atoms with E-state index in [9.17, 15) is 9.59 Å². The van der Waals surface area contributed by atoms with Gasteiger partial charge in [0.2, 0.25) is 5.91 Å². The van der Waals surface area contributed by atoms with E-state index in [1.807, 2.05) is 20.8 Å². The molecule has 5 rings (SSSR count). The maximum Gasteiger partial charge on any atom is 0.407 e. The number of likely N-dealkylation sites (tertiary alicyclic amines) is 1. The summed E-state index contributed by atoms with van der Waals surface area (Å²) < 4.78 is 5.54. The first-order valence-corrected chi connectivity index (χ1v) is 11.8. The van der Waals surface area contributed by atoms with Gasteiger partial charge in [0.25, 0.3) is 0 Å². The van der Waals surface area contributed by atoms with Crippen LogP contribution in [0.4, 0.5) is 4.79 Å². The second-order valence-electron chi connectivity index (χ2n) is 11.0. The van der Waals surface area contributed by atoms with Crippen molar-refractivity contribution in [2.45, 2.75) is 82.1 Å². The largest absolute Gasteiger partial charge is 0.444 e. The second kappa shape index (κ2) is 7.17. The number of alkyl halides is 1. The molecule has 4 aliphatic carbocycles. The van der Waals surface area contributed by atoms with Gasteiger partial charge in [0.15, 0.2) is 0 Å². The molecule has 5 fully saturated rings. The molecule has 2 atom stereocenters. The van der Waals surface area contributed by atoms with Gasteiger partial charge in [-0.2, -0.15) is 0 Å². The predicted octanol–water partition coefficient (Wildman–Crippen LogP) is 4.48. The summed E-state index contributed by atoms with van der Waals surface area (Å²) in [7, 11) is 0. The van der Waals surface area contributed by atoms with Crippen LogP contribution in [0.3, 0.4) is 0 Å². The van der Waals surface area contributed by atoms with Gasteiger partial charge in [0.1, 0.15) is 5.60 Å². The number of hydrogen-bond donors (Lipinski definition) is 1. The van der Waals surface area contributed by atoms with Crippen LogP contribution < -0.4 is 5.32 Å². The zero-order valence-corrected chi connectivity index (χ0v) is 19.1. The minimum atomic E-state index is -0.468. The summed E-state index contributed by atoms with van der Waals surface area (Å²) in [6.45, 7) is 7.91. The van der Waals surface area contributed by atoms with Crippen LogP contribution in [-0.2, 0) is 9.53 Å². The summed E-state index contributed by atoms with van der Waals surface area (Å²) >= 11 is 4.03. The Morgan fingerprint density at radius 3 is 2.25 bits per heavy atom. The number of halogens is 1. The molecule has 5 nitrogen and oxygen atoms in total. The molecule has 158 valence electrons. The van der Waals surface area contributed by atoms with Gasteiger partial charge in [-0.3, -0.25) is 4.79 Å². The van der Waals surface area contributed by atoms with Crippen LogP contribution >= 0.6 is 15.9 Å². The third kappa shape index (κ3) is 4.22. The molecule has 28 heavy (non-hydrogen) atoms. The fourth-order valence-electron chi connectivity index (χ4n) is 6.62. The van der Waals surface area contributed by atoms with E-state index in [0.29, 0.717) is 18.4 Å². The van der Waals surface area contributed by atoms with Crippen molar-refractivity contribution in [3.05, 3.63) is 0 Å². The lowest BCUT2D eigenvalue weighted by Gasteiger charge is -2.60. The molecule has 5 aliphatic rings. The van der Waals surface area contributed by atoms with Crippen molar-refractivity contribution in [2.75, 3.05) is 19.6 Å². The first-order valence-electron chi connectivity index (χ1n) is 11.0. The second-order valence-corrected chi connectivity index (χ2v) is 12.7. The van der Waals surface area contributed by atoms with Crippen molar-refractivity contribution in [2.24, 2.45) is 23.2 Å². The number of alkyl carbamates (subject to hydrolysis) is 1. The molecule has 4 saturated carbocycles. The van der Waals surface area contributed by atoms with E-state index in [4.69, 9.17) is 4.74 Å². The fraction of sp³-hybridized carbons (Fsp3) is 0.909. The highest BCUT2D eigenvalue weighted by Gasteiger charge is 2.60. The summed E-state index contributed by atoms with van der Waals surface area (Å²) in [5.74, 6) is 2.32. The highest BCUT2D eigenvalue weighted by molar-refractivity contribution is 9.10. The van der Waals surface area contributed by atoms with E-state index in [-0.39, 0.29) is 15.8 Å². The normalized spacial score (nSPS) is 37.8. The molecule has 2 amide bonds. The lowest BCUT2D eigenvalue weighted by molar-refractivity contribution is -0.157. The number of piperidine rings is 1. The van der Waals surface area contributed by atoms with Crippen LogP contribution in [0.5, 0.6) is 0 Å². The maximum absolute atomic E-state index is 13.5. The predicted molar refractivity (Wildman–Crippen MR) is 112 cm³/mol. The number of nitrogens with one attached hydrogen (secondary N) is 1. The summed E-state index contributed by atoms with van der Waals surface area (Å²) in [6.07, 6.45) is 8.68. The zero-order valence-electron chi connectivity index (χ0n) is 17.6. The van der Waals surface area contributed by atoms with Crippen molar-refractivity contribution in [1.29, 1.82) is 0 Å². The Kier molecular flexibility index (Phi) is 5.25. The van der Waals surface area contributed by atoms with E-state index in [0.717, 1.165) is 57.0 Å². The van der Waals surface area contributed by atoms with Gasteiger partial charge in [-0.15, -0.1) is 0 Å². The van der Waals surface area contributed by atoms with E-state index < -0.39 is 5.60 Å². The Hall–Kier alpha value is -0.780. The topological polar surface area (TPSA) is 58.6 Å². The lowest BCUT2D eigenvalue weighted by Crippen LogP contribution is -2.59. The number of carbonyl (C=O) groups is 2. The van der Waals surface area contributed by atoms with Crippen molar-refractivity contribution in [3.8, 4) is 0 Å². The van der Waals surface area contributed by atoms with Crippen molar-refractivity contribution < 1.29 is 14.3 Å². The molecule has 0 radical (unpaired) electrons. The summed E-state index contributed by atoms with van der Waals surface area (Å²) in [5, 5.41) is 2.90. The Balaban J connectivity index is 1.29. The van der Waals surface area contributed by atoms with Crippen LogP contribution in [-0.4, -0.2) is 46.5 Å². The van der Waals surface area contributed by atoms with E-state index >= 15 is 0 Å². The Labute approximate surface area is 177 Å². The smallest absolute Gasteiger partial charge is 0.407 e. The molecule has 1 heterocycles. The monoisotopic (exact) mass is 454 g/mol. The average molecular weight is 455 g/mol. The van der Waals surface area contributed by atoms with Gasteiger partial charge < -0.3 is 15.0 Å². The van der Waals surface area contributed by atoms with Crippen LogP contribution in [0.1, 0.15) is 72.1 Å². The molecular formula is C22H35BrN2O3. The number of carbonyl (C=O) groups excluding carboxylic acids is 2. The number of rotatable bonds is 3. The standard InChI is InChI=1S/C22H35BrN2O3/c1-20(2,3)28-19(27)24-13-15-4-6-25(7-5-15)18(26)21-9-16-8-17(10-21)12-22(23,11-16)14-21/h15-17H,4-14H2,1-3H3,(H,24,27). The fourth-order valence-corrected chi connectivity index (χ4v) is 8.07. The molecule has 1 saturated heterocycles. The van der Waals surface area contributed by atoms with Crippen LogP contribution in [0.2, 0.25) is 0 Å². The Morgan fingerprint density at radius 2 is 1.71 bits per heavy atom. The van der Waals surface area contributed by atoms with Gasteiger partial charge in [0.05, 0.1) is 5.41 Å². The van der Waals surface area contributed by atoms with Gasteiger partial charge in [-0.05, 0) is 89.9 Å². The first kappa shape index (κ1) is 20.5. The van der Waals surface area contributed by atoms with Gasteiger partial charge in [0, 0.05) is 24.0 Å². The maximum atomic E-state index is 13.5. The highest BCUT2D eigenvalue weighted by atomic mass is 79.9. The SMILES string of the molecule is CC(C)(C)OC(=O)NCC1CCN(C(=O)C23CC4CC(CC(Br)(C4)C2)C3)CC1. The lowest BCUT2D eigenvalue weighted by atomic mass is 9.49. The quantitative estimate of drug-likeness (QED) is 0.639. The minimum absolute atomic E-state index is 0.102. The molecule has 1 aliphatic heterocycles. The summed E-state index contributed by atoms with van der Waals surface area (Å²) in [5.41, 5.74) is -0.570. The molecule has 1 N–H and O–H groups in total.